The predicted molar refractivity (Wildman–Crippen MR) is 47.1 cm³/mol. The van der Waals surface area contributed by atoms with Gasteiger partial charge in [-0.2, -0.15) is 0 Å². The molecule has 1 heterocycles. The van der Waals surface area contributed by atoms with Gasteiger partial charge in [0.2, 0.25) is 5.91 Å². The van der Waals surface area contributed by atoms with Crippen LogP contribution in [0.4, 0.5) is 0 Å². The highest BCUT2D eigenvalue weighted by molar-refractivity contribution is 5.83. The molecule has 4 nitrogen and oxygen atoms in total. The van der Waals surface area contributed by atoms with Crippen LogP contribution in [0.25, 0.3) is 0 Å². The fourth-order valence-corrected chi connectivity index (χ4v) is 1.80. The van der Waals surface area contributed by atoms with Gasteiger partial charge in [-0.15, -0.1) is 0 Å². The van der Waals surface area contributed by atoms with E-state index in [-0.39, 0.29) is 11.3 Å². The highest BCUT2D eigenvalue weighted by atomic mass is 16.2. The molecule has 12 heavy (non-hydrogen) atoms. The third-order valence-corrected chi connectivity index (χ3v) is 2.88. The average Bonchev–Trinajstić information content (AvgIpc) is 2.52. The minimum absolute atomic E-state index is 0.0394. The number of carbonyl (C=O) groups is 1. The second kappa shape index (κ2) is 3.41. The van der Waals surface area contributed by atoms with E-state index in [2.05, 4.69) is 24.6 Å². The summed E-state index contributed by atoms with van der Waals surface area (Å²) in [5.41, 5.74) is 1.97. The van der Waals surface area contributed by atoms with Gasteiger partial charge in [0.05, 0.1) is 5.41 Å². The van der Waals surface area contributed by atoms with Gasteiger partial charge < -0.3 is 5.32 Å². The van der Waals surface area contributed by atoms with Gasteiger partial charge in [-0.05, 0) is 18.9 Å². The number of amides is 1. The van der Waals surface area contributed by atoms with Crippen LogP contribution >= 0.6 is 0 Å². The summed E-state index contributed by atoms with van der Waals surface area (Å²) < 4.78 is 0. The molecule has 0 saturated carbocycles. The fraction of sp³-hybridized carbons (Fsp3) is 0.875. The molecule has 0 spiro atoms. The Labute approximate surface area is 72.9 Å². The molecule has 70 valence electrons. The monoisotopic (exact) mass is 171 g/mol. The molecule has 4 heteroatoms. The summed E-state index contributed by atoms with van der Waals surface area (Å²) in [4.78, 5) is 11.5. The van der Waals surface area contributed by atoms with Crippen molar-refractivity contribution in [3.63, 3.8) is 0 Å². The summed E-state index contributed by atoms with van der Waals surface area (Å²) in [6.07, 6.45) is 0.883. The molecule has 0 radical (unpaired) electrons. The third-order valence-electron chi connectivity index (χ3n) is 2.88. The van der Waals surface area contributed by atoms with Crippen LogP contribution in [-0.2, 0) is 4.79 Å². The SMILES string of the molecule is CC(C)C1(C(=O)NN)CCNC1. The summed E-state index contributed by atoms with van der Waals surface area (Å²) in [5, 5.41) is 3.19. The first-order valence-corrected chi connectivity index (χ1v) is 4.35. The quantitative estimate of drug-likeness (QED) is 0.301. The van der Waals surface area contributed by atoms with Gasteiger partial charge in [0, 0.05) is 6.54 Å². The smallest absolute Gasteiger partial charge is 0.241 e. The lowest BCUT2D eigenvalue weighted by molar-refractivity contribution is -0.132. The Morgan fingerprint density at radius 2 is 2.33 bits per heavy atom. The van der Waals surface area contributed by atoms with E-state index < -0.39 is 0 Å². The van der Waals surface area contributed by atoms with Crippen LogP contribution in [0.5, 0.6) is 0 Å². The molecule has 0 aliphatic carbocycles. The summed E-state index contributed by atoms with van der Waals surface area (Å²) >= 11 is 0. The van der Waals surface area contributed by atoms with Crippen molar-refractivity contribution in [2.45, 2.75) is 20.3 Å². The molecule has 0 bridgehead atoms. The van der Waals surface area contributed by atoms with Crippen molar-refractivity contribution in [2.75, 3.05) is 13.1 Å². The Morgan fingerprint density at radius 1 is 1.67 bits per heavy atom. The minimum atomic E-state index is -0.283. The Bertz CT molecular complexity index is 173. The Balaban J connectivity index is 2.78. The van der Waals surface area contributed by atoms with Crippen molar-refractivity contribution in [2.24, 2.45) is 17.2 Å². The number of hydrogen-bond donors (Lipinski definition) is 3. The number of carbonyl (C=O) groups excluding carboxylic acids is 1. The van der Waals surface area contributed by atoms with E-state index >= 15 is 0 Å². The second-order valence-electron chi connectivity index (χ2n) is 3.71. The van der Waals surface area contributed by atoms with Crippen LogP contribution in [0.1, 0.15) is 20.3 Å². The Morgan fingerprint density at radius 3 is 2.67 bits per heavy atom. The van der Waals surface area contributed by atoms with Crippen LogP contribution in [0, 0.1) is 11.3 Å². The van der Waals surface area contributed by atoms with Crippen molar-refractivity contribution in [3.8, 4) is 0 Å². The number of hydrazine groups is 1. The van der Waals surface area contributed by atoms with Crippen LogP contribution in [0.2, 0.25) is 0 Å². The molecule has 0 aromatic rings. The zero-order valence-corrected chi connectivity index (χ0v) is 7.68. The van der Waals surface area contributed by atoms with Crippen molar-refractivity contribution in [3.05, 3.63) is 0 Å². The lowest BCUT2D eigenvalue weighted by Crippen LogP contribution is -2.48. The average molecular weight is 171 g/mol. The van der Waals surface area contributed by atoms with Crippen LogP contribution in [0.3, 0.4) is 0 Å². The maximum Gasteiger partial charge on any atom is 0.241 e. The zero-order valence-electron chi connectivity index (χ0n) is 7.68. The molecule has 4 N–H and O–H groups in total. The first-order chi connectivity index (χ1) is 5.63. The molecule has 1 aliphatic heterocycles. The lowest BCUT2D eigenvalue weighted by Gasteiger charge is -2.29. The van der Waals surface area contributed by atoms with Crippen molar-refractivity contribution >= 4 is 5.91 Å². The lowest BCUT2D eigenvalue weighted by atomic mass is 9.76. The summed E-state index contributed by atoms with van der Waals surface area (Å²) in [6, 6.07) is 0. The van der Waals surface area contributed by atoms with Gasteiger partial charge in [-0.3, -0.25) is 10.2 Å². The number of nitrogens with two attached hydrogens (primary N) is 1. The number of rotatable bonds is 2. The third kappa shape index (κ3) is 1.32. The van der Waals surface area contributed by atoms with Crippen LogP contribution in [0.15, 0.2) is 0 Å². The number of nitrogens with one attached hydrogen (secondary N) is 2. The fourth-order valence-electron chi connectivity index (χ4n) is 1.80. The predicted octanol–water partition coefficient (Wildman–Crippen LogP) is -0.388. The maximum atomic E-state index is 11.5. The van der Waals surface area contributed by atoms with E-state index in [9.17, 15) is 4.79 Å². The largest absolute Gasteiger partial charge is 0.316 e. The summed E-state index contributed by atoms with van der Waals surface area (Å²) in [7, 11) is 0. The van der Waals surface area contributed by atoms with Crippen molar-refractivity contribution in [1.29, 1.82) is 0 Å². The first-order valence-electron chi connectivity index (χ1n) is 4.35. The van der Waals surface area contributed by atoms with Crippen molar-refractivity contribution < 1.29 is 4.79 Å². The molecule has 1 unspecified atom stereocenters. The second-order valence-corrected chi connectivity index (χ2v) is 3.71. The number of hydrogen-bond acceptors (Lipinski definition) is 3. The van der Waals surface area contributed by atoms with Gasteiger partial charge in [0.15, 0.2) is 0 Å². The topological polar surface area (TPSA) is 67.2 Å². The molecule has 1 rings (SSSR count). The van der Waals surface area contributed by atoms with Crippen LogP contribution < -0.4 is 16.6 Å². The molecule has 1 saturated heterocycles. The Hall–Kier alpha value is -0.610. The molecular formula is C8H17N3O. The van der Waals surface area contributed by atoms with Crippen LogP contribution in [-0.4, -0.2) is 19.0 Å². The highest BCUT2D eigenvalue weighted by Gasteiger charge is 2.43. The highest BCUT2D eigenvalue weighted by Crippen LogP contribution is 2.33. The van der Waals surface area contributed by atoms with Gasteiger partial charge in [0.25, 0.3) is 0 Å². The van der Waals surface area contributed by atoms with Gasteiger partial charge in [-0.25, -0.2) is 5.84 Å². The molecule has 0 aromatic carbocycles. The maximum absolute atomic E-state index is 11.5. The van der Waals surface area contributed by atoms with Gasteiger partial charge in [0.1, 0.15) is 0 Å². The summed E-state index contributed by atoms with van der Waals surface area (Å²) in [5.74, 6) is 5.44. The first kappa shape index (κ1) is 9.48. The normalized spacial score (nSPS) is 29.3. The van der Waals surface area contributed by atoms with E-state index in [4.69, 9.17) is 5.84 Å². The summed E-state index contributed by atoms with van der Waals surface area (Å²) in [6.45, 7) is 5.77. The van der Waals surface area contributed by atoms with Crippen molar-refractivity contribution in [1.82, 2.24) is 10.7 Å². The minimum Gasteiger partial charge on any atom is -0.316 e. The molecule has 1 fully saturated rings. The van der Waals surface area contributed by atoms with E-state index in [0.717, 1.165) is 19.5 Å². The molecule has 1 aliphatic rings. The van der Waals surface area contributed by atoms with E-state index in [0.29, 0.717) is 5.92 Å². The molecular weight excluding hydrogens is 154 g/mol. The van der Waals surface area contributed by atoms with Gasteiger partial charge in [-0.1, -0.05) is 13.8 Å². The molecule has 1 atom stereocenters. The Kier molecular flexibility index (Phi) is 2.69. The van der Waals surface area contributed by atoms with E-state index in [1.165, 1.54) is 0 Å². The molecule has 1 amide bonds. The van der Waals surface area contributed by atoms with E-state index in [1.54, 1.807) is 0 Å². The van der Waals surface area contributed by atoms with Gasteiger partial charge >= 0.3 is 0 Å². The zero-order chi connectivity index (χ0) is 9.19. The van der Waals surface area contributed by atoms with E-state index in [1.807, 2.05) is 0 Å². The molecule has 0 aromatic heterocycles. The standard InChI is InChI=1S/C8H17N3O/c1-6(2)8(7(12)11-9)3-4-10-5-8/h6,10H,3-5,9H2,1-2H3,(H,11,12).